The zero-order valence-electron chi connectivity index (χ0n) is 9.11. The van der Waals surface area contributed by atoms with Gasteiger partial charge in [0.2, 0.25) is 0 Å². The van der Waals surface area contributed by atoms with Crippen LogP contribution in [0.25, 0.3) is 0 Å². The van der Waals surface area contributed by atoms with Crippen molar-refractivity contribution in [2.75, 3.05) is 12.9 Å². The molecular weight excluding hydrogens is 204 g/mol. The molecule has 0 radical (unpaired) electrons. The van der Waals surface area contributed by atoms with Gasteiger partial charge < -0.3 is 4.74 Å². The first kappa shape index (κ1) is 13.4. The van der Waals surface area contributed by atoms with Gasteiger partial charge in [-0.05, 0) is 13.3 Å². The molecule has 0 spiro atoms. The second-order valence-corrected chi connectivity index (χ2v) is 5.94. The third-order valence-corrected chi connectivity index (χ3v) is 4.80. The summed E-state index contributed by atoms with van der Waals surface area (Å²) in [6.45, 7) is 5.02. The predicted octanol–water partition coefficient (Wildman–Crippen LogP) is 1.01. The van der Waals surface area contributed by atoms with Crippen molar-refractivity contribution >= 4 is 15.8 Å². The topological polar surface area (TPSA) is 60.4 Å². The molecule has 0 aliphatic heterocycles. The molecule has 0 aromatic rings. The number of carbonyl (C=O) groups is 1. The van der Waals surface area contributed by atoms with E-state index in [0.717, 1.165) is 0 Å². The van der Waals surface area contributed by atoms with Gasteiger partial charge in [0.05, 0.1) is 24.0 Å². The standard InChI is InChI=1S/C9H18O4S/c1-5-8(3)14(11,12)6-7(2)9(10)13-4/h7-8H,5-6H2,1-4H3. The van der Waals surface area contributed by atoms with Crippen LogP contribution in [0.5, 0.6) is 0 Å². The molecule has 0 fully saturated rings. The molecule has 0 N–H and O–H groups in total. The largest absolute Gasteiger partial charge is 0.469 e. The average molecular weight is 222 g/mol. The zero-order valence-corrected chi connectivity index (χ0v) is 9.93. The van der Waals surface area contributed by atoms with Gasteiger partial charge in [-0.1, -0.05) is 13.8 Å². The highest BCUT2D eigenvalue weighted by Crippen LogP contribution is 2.11. The van der Waals surface area contributed by atoms with Crippen molar-refractivity contribution < 1.29 is 17.9 Å². The quantitative estimate of drug-likeness (QED) is 0.651. The normalized spacial score (nSPS) is 16.0. The molecule has 0 aliphatic carbocycles. The van der Waals surface area contributed by atoms with Gasteiger partial charge in [-0.15, -0.1) is 0 Å². The third-order valence-electron chi connectivity index (χ3n) is 2.27. The first-order valence-electron chi connectivity index (χ1n) is 4.64. The molecule has 0 aliphatic rings. The summed E-state index contributed by atoms with van der Waals surface area (Å²) < 4.78 is 27.6. The summed E-state index contributed by atoms with van der Waals surface area (Å²) in [6, 6.07) is 0. The maximum atomic E-state index is 11.6. The van der Waals surface area contributed by atoms with Gasteiger partial charge in [0.15, 0.2) is 9.84 Å². The fraction of sp³-hybridized carbons (Fsp3) is 0.889. The minimum absolute atomic E-state index is 0.130. The molecule has 0 saturated carbocycles. The molecular formula is C9H18O4S. The first-order valence-corrected chi connectivity index (χ1v) is 6.36. The smallest absolute Gasteiger partial charge is 0.309 e. The van der Waals surface area contributed by atoms with E-state index in [1.165, 1.54) is 7.11 Å². The van der Waals surface area contributed by atoms with E-state index in [1.54, 1.807) is 13.8 Å². The van der Waals surface area contributed by atoms with Crippen LogP contribution in [0.1, 0.15) is 27.2 Å². The zero-order chi connectivity index (χ0) is 11.4. The fourth-order valence-electron chi connectivity index (χ4n) is 1.04. The summed E-state index contributed by atoms with van der Waals surface area (Å²) in [5.41, 5.74) is 0. The number of esters is 1. The number of rotatable bonds is 5. The van der Waals surface area contributed by atoms with Gasteiger partial charge in [0.25, 0.3) is 0 Å². The average Bonchev–Trinajstić information content (AvgIpc) is 2.14. The number of sulfone groups is 1. The number of hydrogen-bond donors (Lipinski definition) is 0. The first-order chi connectivity index (χ1) is 6.35. The van der Waals surface area contributed by atoms with Crippen molar-refractivity contribution in [1.29, 1.82) is 0 Å². The van der Waals surface area contributed by atoms with Crippen molar-refractivity contribution in [3.63, 3.8) is 0 Å². The summed E-state index contributed by atoms with van der Waals surface area (Å²) in [7, 11) is -1.91. The number of carbonyl (C=O) groups excluding carboxylic acids is 1. The maximum Gasteiger partial charge on any atom is 0.309 e. The molecule has 0 amide bonds. The fourth-order valence-corrected chi connectivity index (χ4v) is 2.71. The molecule has 84 valence electrons. The Labute approximate surface area is 85.6 Å². The number of methoxy groups -OCH3 is 1. The van der Waals surface area contributed by atoms with Gasteiger partial charge in [-0.2, -0.15) is 0 Å². The van der Waals surface area contributed by atoms with E-state index in [-0.39, 0.29) is 5.75 Å². The maximum absolute atomic E-state index is 11.6. The molecule has 4 nitrogen and oxygen atoms in total. The third kappa shape index (κ3) is 3.65. The van der Waals surface area contributed by atoms with Crippen LogP contribution in [0.15, 0.2) is 0 Å². The molecule has 0 aromatic heterocycles. The van der Waals surface area contributed by atoms with Crippen LogP contribution in [0.2, 0.25) is 0 Å². The molecule has 14 heavy (non-hydrogen) atoms. The molecule has 0 aromatic carbocycles. The van der Waals surface area contributed by atoms with E-state index < -0.39 is 27.0 Å². The molecule has 0 heterocycles. The number of hydrogen-bond acceptors (Lipinski definition) is 4. The number of ether oxygens (including phenoxy) is 1. The second-order valence-electron chi connectivity index (χ2n) is 3.47. The Balaban J connectivity index is 4.45. The summed E-state index contributed by atoms with van der Waals surface area (Å²) in [4.78, 5) is 11.0. The van der Waals surface area contributed by atoms with Gasteiger partial charge in [0.1, 0.15) is 0 Å². The van der Waals surface area contributed by atoms with Gasteiger partial charge in [-0.3, -0.25) is 4.79 Å². The minimum Gasteiger partial charge on any atom is -0.469 e. The van der Waals surface area contributed by atoms with E-state index in [0.29, 0.717) is 6.42 Å². The summed E-state index contributed by atoms with van der Waals surface area (Å²) in [5.74, 6) is -1.19. The van der Waals surface area contributed by atoms with E-state index in [9.17, 15) is 13.2 Å². The Kier molecular flexibility index (Phi) is 5.12. The lowest BCUT2D eigenvalue weighted by Gasteiger charge is -2.13. The van der Waals surface area contributed by atoms with Crippen molar-refractivity contribution in [3.05, 3.63) is 0 Å². The van der Waals surface area contributed by atoms with Gasteiger partial charge >= 0.3 is 5.97 Å². The van der Waals surface area contributed by atoms with E-state index in [4.69, 9.17) is 0 Å². The van der Waals surface area contributed by atoms with Crippen LogP contribution >= 0.6 is 0 Å². The van der Waals surface area contributed by atoms with Crippen LogP contribution in [0.4, 0.5) is 0 Å². The highest BCUT2D eigenvalue weighted by Gasteiger charge is 2.25. The van der Waals surface area contributed by atoms with Crippen LogP contribution in [-0.2, 0) is 19.4 Å². The summed E-state index contributed by atoms with van der Waals surface area (Å²) in [5, 5.41) is -0.394. The van der Waals surface area contributed by atoms with Crippen molar-refractivity contribution in [2.45, 2.75) is 32.4 Å². The van der Waals surface area contributed by atoms with Crippen LogP contribution in [0.3, 0.4) is 0 Å². The highest BCUT2D eigenvalue weighted by molar-refractivity contribution is 7.92. The Morgan fingerprint density at radius 2 is 1.86 bits per heavy atom. The molecule has 2 atom stereocenters. The van der Waals surface area contributed by atoms with E-state index in [2.05, 4.69) is 4.74 Å². The van der Waals surface area contributed by atoms with Gasteiger partial charge in [-0.25, -0.2) is 8.42 Å². The summed E-state index contributed by atoms with van der Waals surface area (Å²) >= 11 is 0. The molecule has 0 saturated heterocycles. The highest BCUT2D eigenvalue weighted by atomic mass is 32.2. The van der Waals surface area contributed by atoms with Crippen LogP contribution in [-0.4, -0.2) is 32.5 Å². The molecule has 2 unspecified atom stereocenters. The Hall–Kier alpha value is -0.580. The lowest BCUT2D eigenvalue weighted by atomic mass is 10.2. The van der Waals surface area contributed by atoms with Crippen molar-refractivity contribution in [2.24, 2.45) is 5.92 Å². The molecule has 0 rings (SSSR count). The van der Waals surface area contributed by atoms with E-state index in [1.807, 2.05) is 6.92 Å². The molecule has 5 heteroatoms. The van der Waals surface area contributed by atoms with Gasteiger partial charge in [0, 0.05) is 0 Å². The van der Waals surface area contributed by atoms with E-state index >= 15 is 0 Å². The SMILES string of the molecule is CCC(C)S(=O)(=O)CC(C)C(=O)OC. The van der Waals surface area contributed by atoms with Crippen molar-refractivity contribution in [1.82, 2.24) is 0 Å². The van der Waals surface area contributed by atoms with Crippen molar-refractivity contribution in [3.8, 4) is 0 Å². The lowest BCUT2D eigenvalue weighted by molar-refractivity contribution is -0.144. The summed E-state index contributed by atoms with van der Waals surface area (Å²) in [6.07, 6.45) is 0.566. The lowest BCUT2D eigenvalue weighted by Crippen LogP contribution is -2.28. The second kappa shape index (κ2) is 5.34. The Bertz CT molecular complexity index is 281. The Morgan fingerprint density at radius 3 is 2.21 bits per heavy atom. The van der Waals surface area contributed by atoms with Crippen LogP contribution < -0.4 is 0 Å². The minimum atomic E-state index is -3.17. The Morgan fingerprint density at radius 1 is 1.36 bits per heavy atom. The predicted molar refractivity (Wildman–Crippen MR) is 54.7 cm³/mol. The molecule has 0 bridgehead atoms. The van der Waals surface area contributed by atoms with Crippen LogP contribution in [0, 0.1) is 5.92 Å². The monoisotopic (exact) mass is 222 g/mol.